The second-order valence-corrected chi connectivity index (χ2v) is 5.28. The SMILES string of the molecule is C=C1CC(c2ccc(C)cc2)Cc2ccccc21. The van der Waals surface area contributed by atoms with Crippen LogP contribution in [-0.2, 0) is 6.42 Å². The van der Waals surface area contributed by atoms with Gasteiger partial charge in [-0.05, 0) is 47.9 Å². The number of rotatable bonds is 1. The van der Waals surface area contributed by atoms with E-state index in [0.29, 0.717) is 5.92 Å². The van der Waals surface area contributed by atoms with Crippen molar-refractivity contribution in [3.8, 4) is 0 Å². The van der Waals surface area contributed by atoms with Crippen LogP contribution < -0.4 is 0 Å². The molecule has 2 aromatic carbocycles. The Morgan fingerprint density at radius 3 is 2.44 bits per heavy atom. The minimum Gasteiger partial charge on any atom is -0.0952 e. The fraction of sp³-hybridized carbons (Fsp3) is 0.222. The molecule has 0 fully saturated rings. The molecule has 0 N–H and O–H groups in total. The van der Waals surface area contributed by atoms with Crippen molar-refractivity contribution >= 4 is 5.57 Å². The molecule has 0 heteroatoms. The van der Waals surface area contributed by atoms with E-state index in [-0.39, 0.29) is 0 Å². The fourth-order valence-electron chi connectivity index (χ4n) is 2.86. The molecule has 0 saturated heterocycles. The highest BCUT2D eigenvalue weighted by molar-refractivity contribution is 5.69. The summed E-state index contributed by atoms with van der Waals surface area (Å²) < 4.78 is 0. The lowest BCUT2D eigenvalue weighted by Crippen LogP contribution is -2.11. The smallest absolute Gasteiger partial charge is 0.00808 e. The van der Waals surface area contributed by atoms with E-state index in [2.05, 4.69) is 62.0 Å². The van der Waals surface area contributed by atoms with Crippen LogP contribution in [0.5, 0.6) is 0 Å². The zero-order valence-corrected chi connectivity index (χ0v) is 10.8. The Bertz CT molecular complexity index is 575. The van der Waals surface area contributed by atoms with Crippen LogP contribution in [0.3, 0.4) is 0 Å². The molecular weight excluding hydrogens is 216 g/mol. The molecule has 0 heterocycles. The Kier molecular flexibility index (Phi) is 2.79. The van der Waals surface area contributed by atoms with Crippen LogP contribution in [0, 0.1) is 6.92 Å². The van der Waals surface area contributed by atoms with Crippen molar-refractivity contribution in [3.63, 3.8) is 0 Å². The van der Waals surface area contributed by atoms with Gasteiger partial charge in [-0.3, -0.25) is 0 Å². The lowest BCUT2D eigenvalue weighted by atomic mass is 9.78. The molecule has 0 aromatic heterocycles. The van der Waals surface area contributed by atoms with Crippen molar-refractivity contribution in [1.82, 2.24) is 0 Å². The summed E-state index contributed by atoms with van der Waals surface area (Å²) in [5.41, 5.74) is 6.85. The third kappa shape index (κ3) is 1.99. The van der Waals surface area contributed by atoms with Gasteiger partial charge in [-0.25, -0.2) is 0 Å². The summed E-state index contributed by atoms with van der Waals surface area (Å²) >= 11 is 0. The summed E-state index contributed by atoms with van der Waals surface area (Å²) in [5.74, 6) is 0.591. The van der Waals surface area contributed by atoms with Crippen LogP contribution >= 0.6 is 0 Å². The zero-order valence-electron chi connectivity index (χ0n) is 10.8. The maximum atomic E-state index is 4.25. The Hall–Kier alpha value is -1.82. The molecule has 1 atom stereocenters. The Morgan fingerprint density at radius 2 is 1.67 bits per heavy atom. The topological polar surface area (TPSA) is 0 Å². The molecule has 2 aromatic rings. The van der Waals surface area contributed by atoms with E-state index >= 15 is 0 Å². The van der Waals surface area contributed by atoms with Crippen molar-refractivity contribution in [3.05, 3.63) is 77.4 Å². The maximum Gasteiger partial charge on any atom is -0.00808 e. The molecule has 18 heavy (non-hydrogen) atoms. The number of hydrogen-bond acceptors (Lipinski definition) is 0. The molecular formula is C18H18. The van der Waals surface area contributed by atoms with Crippen molar-refractivity contribution in [1.29, 1.82) is 0 Å². The average molecular weight is 234 g/mol. The standard InChI is InChI=1S/C18H18/c1-13-7-9-15(10-8-13)17-11-14(2)18-6-4-3-5-16(18)12-17/h3-10,17H,2,11-12H2,1H3. The van der Waals surface area contributed by atoms with E-state index in [9.17, 15) is 0 Å². The Balaban J connectivity index is 1.94. The molecule has 0 aliphatic heterocycles. The third-order valence-corrected chi connectivity index (χ3v) is 3.91. The molecule has 0 radical (unpaired) electrons. The summed E-state index contributed by atoms with van der Waals surface area (Å²) in [7, 11) is 0. The van der Waals surface area contributed by atoms with E-state index in [1.807, 2.05) is 0 Å². The molecule has 0 saturated carbocycles. The number of hydrogen-bond donors (Lipinski definition) is 0. The minimum absolute atomic E-state index is 0.591. The van der Waals surface area contributed by atoms with Crippen LogP contribution in [-0.4, -0.2) is 0 Å². The van der Waals surface area contributed by atoms with Gasteiger partial charge in [0, 0.05) is 0 Å². The molecule has 1 unspecified atom stereocenters. The first-order chi connectivity index (χ1) is 8.74. The molecule has 1 aliphatic rings. The highest BCUT2D eigenvalue weighted by Crippen LogP contribution is 2.38. The fourth-order valence-corrected chi connectivity index (χ4v) is 2.86. The molecule has 0 spiro atoms. The van der Waals surface area contributed by atoms with Gasteiger partial charge in [0.1, 0.15) is 0 Å². The van der Waals surface area contributed by atoms with Gasteiger partial charge in [0.2, 0.25) is 0 Å². The van der Waals surface area contributed by atoms with E-state index in [4.69, 9.17) is 0 Å². The van der Waals surface area contributed by atoms with E-state index in [0.717, 1.165) is 12.8 Å². The van der Waals surface area contributed by atoms with Gasteiger partial charge in [0.25, 0.3) is 0 Å². The van der Waals surface area contributed by atoms with E-state index < -0.39 is 0 Å². The number of benzene rings is 2. The predicted molar refractivity (Wildman–Crippen MR) is 77.7 cm³/mol. The second-order valence-electron chi connectivity index (χ2n) is 5.28. The van der Waals surface area contributed by atoms with Crippen LogP contribution in [0.25, 0.3) is 5.57 Å². The average Bonchev–Trinajstić information content (AvgIpc) is 2.39. The first-order valence-corrected chi connectivity index (χ1v) is 6.56. The van der Waals surface area contributed by atoms with Crippen LogP contribution in [0.2, 0.25) is 0 Å². The normalized spacial score (nSPS) is 18.5. The Morgan fingerprint density at radius 1 is 0.944 bits per heavy atom. The van der Waals surface area contributed by atoms with Crippen molar-refractivity contribution in [2.24, 2.45) is 0 Å². The highest BCUT2D eigenvalue weighted by Gasteiger charge is 2.21. The minimum atomic E-state index is 0.591. The lowest BCUT2D eigenvalue weighted by molar-refractivity contribution is 0.684. The number of allylic oxidation sites excluding steroid dienone is 1. The quantitative estimate of drug-likeness (QED) is 0.668. The third-order valence-electron chi connectivity index (χ3n) is 3.91. The number of aryl methyl sites for hydroxylation is 1. The van der Waals surface area contributed by atoms with Crippen LogP contribution in [0.4, 0.5) is 0 Å². The van der Waals surface area contributed by atoms with Crippen molar-refractivity contribution in [2.75, 3.05) is 0 Å². The van der Waals surface area contributed by atoms with Gasteiger partial charge in [0.15, 0.2) is 0 Å². The van der Waals surface area contributed by atoms with Gasteiger partial charge < -0.3 is 0 Å². The molecule has 0 bridgehead atoms. The van der Waals surface area contributed by atoms with Gasteiger partial charge >= 0.3 is 0 Å². The van der Waals surface area contributed by atoms with Crippen LogP contribution in [0.15, 0.2) is 55.1 Å². The van der Waals surface area contributed by atoms with Crippen molar-refractivity contribution in [2.45, 2.75) is 25.7 Å². The summed E-state index contributed by atoms with van der Waals surface area (Å²) in [6, 6.07) is 17.6. The van der Waals surface area contributed by atoms with Gasteiger partial charge in [-0.15, -0.1) is 0 Å². The second kappa shape index (κ2) is 4.45. The van der Waals surface area contributed by atoms with Gasteiger partial charge in [0.05, 0.1) is 0 Å². The van der Waals surface area contributed by atoms with Crippen molar-refractivity contribution < 1.29 is 0 Å². The van der Waals surface area contributed by atoms with Gasteiger partial charge in [-0.1, -0.05) is 60.7 Å². The summed E-state index contributed by atoms with van der Waals surface area (Å²) in [5, 5.41) is 0. The zero-order chi connectivity index (χ0) is 12.5. The summed E-state index contributed by atoms with van der Waals surface area (Å²) in [6.07, 6.45) is 2.22. The van der Waals surface area contributed by atoms with E-state index in [1.54, 1.807) is 0 Å². The highest BCUT2D eigenvalue weighted by atomic mass is 14.3. The predicted octanol–water partition coefficient (Wildman–Crippen LogP) is 4.74. The monoisotopic (exact) mass is 234 g/mol. The largest absolute Gasteiger partial charge is 0.0952 e. The summed E-state index contributed by atoms with van der Waals surface area (Å²) in [6.45, 7) is 6.39. The first-order valence-electron chi connectivity index (χ1n) is 6.56. The maximum absolute atomic E-state index is 4.25. The van der Waals surface area contributed by atoms with E-state index in [1.165, 1.54) is 27.8 Å². The number of fused-ring (bicyclic) bond motifs is 1. The first kappa shape index (κ1) is 11.3. The molecule has 90 valence electrons. The molecule has 0 nitrogen and oxygen atoms in total. The molecule has 1 aliphatic carbocycles. The summed E-state index contributed by atoms with van der Waals surface area (Å²) in [4.78, 5) is 0. The van der Waals surface area contributed by atoms with Crippen LogP contribution in [0.1, 0.15) is 34.6 Å². The molecule has 3 rings (SSSR count). The molecule has 0 amide bonds. The van der Waals surface area contributed by atoms with Gasteiger partial charge in [-0.2, -0.15) is 0 Å². The Labute approximate surface area is 109 Å². The lowest BCUT2D eigenvalue weighted by Gasteiger charge is -2.26.